The Labute approximate surface area is 80.1 Å². The zero-order valence-electron chi connectivity index (χ0n) is 6.18. The Hall–Kier alpha value is -0.690. The highest BCUT2D eigenvalue weighted by Crippen LogP contribution is 2.17. The van der Waals surface area contributed by atoms with E-state index in [9.17, 15) is 13.2 Å². The van der Waals surface area contributed by atoms with E-state index in [2.05, 4.69) is 30.6 Å². The average molecular weight is 257 g/mol. The molecule has 0 saturated heterocycles. The van der Waals surface area contributed by atoms with Crippen LogP contribution in [0, 0.1) is 0 Å². The van der Waals surface area contributed by atoms with Crippen molar-refractivity contribution in [1.82, 2.24) is 9.97 Å². The normalized spacial score (nSPS) is 11.7. The number of halogens is 4. The summed E-state index contributed by atoms with van der Waals surface area (Å²) in [5.41, 5.74) is 0. The summed E-state index contributed by atoms with van der Waals surface area (Å²) in [7, 11) is 0. The van der Waals surface area contributed by atoms with Gasteiger partial charge in [0, 0.05) is 6.20 Å². The molecule has 72 valence electrons. The summed E-state index contributed by atoms with van der Waals surface area (Å²) in [4.78, 5) is 7.23. The Morgan fingerprint density at radius 3 is 2.69 bits per heavy atom. The van der Waals surface area contributed by atoms with Gasteiger partial charge in [0.2, 0.25) is 0 Å². The van der Waals surface area contributed by atoms with Crippen LogP contribution < -0.4 is 0 Å². The van der Waals surface area contributed by atoms with E-state index in [-0.39, 0.29) is 5.82 Å². The summed E-state index contributed by atoms with van der Waals surface area (Å²) >= 11 is 2.99. The maximum Gasteiger partial charge on any atom is 0.522 e. The SMILES string of the molecule is FC(F)(F)OCc1nccc(Br)n1. The van der Waals surface area contributed by atoms with E-state index in [1.54, 1.807) is 0 Å². The van der Waals surface area contributed by atoms with Gasteiger partial charge in [-0.25, -0.2) is 9.97 Å². The second kappa shape index (κ2) is 4.01. The lowest BCUT2D eigenvalue weighted by Crippen LogP contribution is -2.14. The molecule has 3 nitrogen and oxygen atoms in total. The zero-order valence-corrected chi connectivity index (χ0v) is 7.76. The Kier molecular flexibility index (Phi) is 3.21. The Balaban J connectivity index is 2.55. The van der Waals surface area contributed by atoms with Crippen molar-refractivity contribution in [3.8, 4) is 0 Å². The number of rotatable bonds is 2. The lowest BCUT2D eigenvalue weighted by Gasteiger charge is -2.05. The number of ether oxygens (including phenoxy) is 1. The molecule has 13 heavy (non-hydrogen) atoms. The van der Waals surface area contributed by atoms with Gasteiger partial charge in [-0.3, -0.25) is 4.74 Å². The summed E-state index contributed by atoms with van der Waals surface area (Å²) < 4.78 is 38.6. The predicted octanol–water partition coefficient (Wildman–Crippen LogP) is 2.28. The first-order valence-electron chi connectivity index (χ1n) is 3.15. The second-order valence-electron chi connectivity index (χ2n) is 2.03. The molecule has 0 atom stereocenters. The van der Waals surface area contributed by atoms with E-state index in [1.165, 1.54) is 12.3 Å². The molecule has 1 heterocycles. The monoisotopic (exact) mass is 256 g/mol. The molecule has 0 aliphatic carbocycles. The standard InChI is InChI=1S/C6H4BrF3N2O/c7-4-1-2-11-5(12-4)3-13-6(8,9)10/h1-2H,3H2. The smallest absolute Gasteiger partial charge is 0.284 e. The first-order valence-corrected chi connectivity index (χ1v) is 3.95. The van der Waals surface area contributed by atoms with E-state index in [4.69, 9.17) is 0 Å². The van der Waals surface area contributed by atoms with Gasteiger partial charge in [-0.15, -0.1) is 13.2 Å². The molecule has 1 rings (SSSR count). The molecule has 7 heteroatoms. The summed E-state index contributed by atoms with van der Waals surface area (Å²) in [5, 5.41) is 0. The van der Waals surface area contributed by atoms with E-state index in [0.717, 1.165) is 0 Å². The third kappa shape index (κ3) is 4.18. The molecule has 0 saturated carbocycles. The number of hydrogen-bond donors (Lipinski definition) is 0. The minimum Gasteiger partial charge on any atom is -0.284 e. The van der Waals surface area contributed by atoms with Crippen molar-refractivity contribution >= 4 is 15.9 Å². The molecule has 1 aromatic rings. The van der Waals surface area contributed by atoms with Crippen LogP contribution in [0.5, 0.6) is 0 Å². The predicted molar refractivity (Wildman–Crippen MR) is 40.6 cm³/mol. The third-order valence-electron chi connectivity index (χ3n) is 1.04. The van der Waals surface area contributed by atoms with Crippen LogP contribution in [0.2, 0.25) is 0 Å². The Bertz CT molecular complexity index is 291. The molecule has 1 aromatic heterocycles. The van der Waals surface area contributed by atoms with Crippen molar-refractivity contribution in [3.63, 3.8) is 0 Å². The van der Waals surface area contributed by atoms with Crippen LogP contribution in [0.25, 0.3) is 0 Å². The third-order valence-corrected chi connectivity index (χ3v) is 1.48. The van der Waals surface area contributed by atoms with Crippen LogP contribution in [0.15, 0.2) is 16.9 Å². The number of nitrogens with zero attached hydrogens (tertiary/aromatic N) is 2. The molecule has 0 amide bonds. The van der Waals surface area contributed by atoms with Gasteiger partial charge >= 0.3 is 6.36 Å². The van der Waals surface area contributed by atoms with Gasteiger partial charge in [-0.05, 0) is 22.0 Å². The van der Waals surface area contributed by atoms with Gasteiger partial charge in [-0.2, -0.15) is 0 Å². The Morgan fingerprint density at radius 1 is 1.46 bits per heavy atom. The quantitative estimate of drug-likeness (QED) is 0.762. The average Bonchev–Trinajstić information content (AvgIpc) is 2.00. The molecule has 0 aliphatic heterocycles. The van der Waals surface area contributed by atoms with E-state index in [0.29, 0.717) is 4.60 Å². The summed E-state index contributed by atoms with van der Waals surface area (Å²) in [6, 6.07) is 1.51. The first-order chi connectivity index (χ1) is 5.97. The largest absolute Gasteiger partial charge is 0.522 e. The fraction of sp³-hybridized carbons (Fsp3) is 0.333. The number of hydrogen-bond acceptors (Lipinski definition) is 3. The molecule has 0 bridgehead atoms. The Morgan fingerprint density at radius 2 is 2.15 bits per heavy atom. The van der Waals surface area contributed by atoms with Crippen LogP contribution >= 0.6 is 15.9 Å². The van der Waals surface area contributed by atoms with Crippen LogP contribution in [-0.2, 0) is 11.3 Å². The summed E-state index contributed by atoms with van der Waals surface area (Å²) in [6.07, 6.45) is -3.31. The minimum absolute atomic E-state index is 0.0216. The van der Waals surface area contributed by atoms with Crippen molar-refractivity contribution in [2.24, 2.45) is 0 Å². The van der Waals surface area contributed by atoms with Gasteiger partial charge in [0.1, 0.15) is 11.2 Å². The molecule has 0 fully saturated rings. The van der Waals surface area contributed by atoms with Crippen molar-refractivity contribution in [3.05, 3.63) is 22.7 Å². The van der Waals surface area contributed by atoms with Crippen molar-refractivity contribution in [2.75, 3.05) is 0 Å². The molecular formula is C6H4BrF3N2O. The van der Waals surface area contributed by atoms with Crippen molar-refractivity contribution in [1.29, 1.82) is 0 Å². The molecule has 0 N–H and O–H groups in total. The number of aromatic nitrogens is 2. The molecule has 0 unspecified atom stereocenters. The summed E-state index contributed by atoms with van der Waals surface area (Å²) in [6.45, 7) is -0.678. The van der Waals surface area contributed by atoms with E-state index in [1.807, 2.05) is 0 Å². The van der Waals surface area contributed by atoms with Crippen LogP contribution in [0.1, 0.15) is 5.82 Å². The fourth-order valence-corrected chi connectivity index (χ4v) is 0.913. The lowest BCUT2D eigenvalue weighted by molar-refractivity contribution is -0.331. The highest BCUT2D eigenvalue weighted by atomic mass is 79.9. The van der Waals surface area contributed by atoms with Gasteiger partial charge in [0.25, 0.3) is 0 Å². The van der Waals surface area contributed by atoms with Crippen LogP contribution in [0.4, 0.5) is 13.2 Å². The molecule has 0 aliphatic rings. The first kappa shape index (κ1) is 10.4. The number of alkyl halides is 3. The lowest BCUT2D eigenvalue weighted by atomic mass is 10.6. The van der Waals surface area contributed by atoms with Gasteiger partial charge in [0.05, 0.1) is 0 Å². The molecule has 0 spiro atoms. The summed E-state index contributed by atoms with van der Waals surface area (Å²) in [5.74, 6) is -0.0216. The maximum atomic E-state index is 11.6. The van der Waals surface area contributed by atoms with Crippen molar-refractivity contribution < 1.29 is 17.9 Å². The maximum absolute atomic E-state index is 11.6. The minimum atomic E-state index is -4.65. The van der Waals surface area contributed by atoms with E-state index < -0.39 is 13.0 Å². The molecule has 0 radical (unpaired) electrons. The fourth-order valence-electron chi connectivity index (χ4n) is 0.590. The van der Waals surface area contributed by atoms with Gasteiger partial charge < -0.3 is 0 Å². The zero-order chi connectivity index (χ0) is 9.90. The second-order valence-corrected chi connectivity index (χ2v) is 2.84. The van der Waals surface area contributed by atoms with Crippen LogP contribution in [-0.4, -0.2) is 16.3 Å². The van der Waals surface area contributed by atoms with Gasteiger partial charge in [-0.1, -0.05) is 0 Å². The highest BCUT2D eigenvalue weighted by Gasteiger charge is 2.29. The highest BCUT2D eigenvalue weighted by molar-refractivity contribution is 9.10. The topological polar surface area (TPSA) is 35.0 Å². The van der Waals surface area contributed by atoms with Gasteiger partial charge in [0.15, 0.2) is 5.82 Å². The molecule has 0 aromatic carbocycles. The molecular weight excluding hydrogens is 253 g/mol. The van der Waals surface area contributed by atoms with E-state index >= 15 is 0 Å². The van der Waals surface area contributed by atoms with Crippen molar-refractivity contribution in [2.45, 2.75) is 13.0 Å². The van der Waals surface area contributed by atoms with Crippen LogP contribution in [0.3, 0.4) is 0 Å².